The number of hydrogen-bond acceptors (Lipinski definition) is 3. The van der Waals surface area contributed by atoms with Crippen LogP contribution < -0.4 is 10.5 Å². The van der Waals surface area contributed by atoms with Crippen LogP contribution in [-0.2, 0) is 6.61 Å². The van der Waals surface area contributed by atoms with Crippen molar-refractivity contribution in [2.75, 3.05) is 5.73 Å². The van der Waals surface area contributed by atoms with E-state index in [2.05, 4.69) is 9.97 Å². The van der Waals surface area contributed by atoms with Gasteiger partial charge in [0.2, 0.25) is 0 Å². The smallest absolute Gasteiger partial charge is 0.146 e. The molecular weight excluding hydrogens is 214 g/mol. The molecule has 0 fully saturated rings. The summed E-state index contributed by atoms with van der Waals surface area (Å²) in [4.78, 5) is 6.89. The number of nitrogens with two attached hydrogens (primary N) is 1. The molecule has 0 saturated carbocycles. The third-order valence-corrected chi connectivity index (χ3v) is 2.09. The maximum absolute atomic E-state index is 5.74. The number of nitrogen functional groups attached to an aromatic ring is 1. The number of aromatic nitrogens is 2. The van der Waals surface area contributed by atoms with Crippen molar-refractivity contribution in [1.82, 2.24) is 9.97 Å². The lowest BCUT2D eigenvalue weighted by atomic mass is 10.3. The summed E-state index contributed by atoms with van der Waals surface area (Å²) >= 11 is 5.74. The number of anilines is 1. The van der Waals surface area contributed by atoms with Crippen LogP contribution in [0.2, 0.25) is 5.02 Å². The number of ether oxygens (including phenoxy) is 1. The van der Waals surface area contributed by atoms with Gasteiger partial charge < -0.3 is 15.5 Å². The van der Waals surface area contributed by atoms with Crippen LogP contribution >= 0.6 is 11.6 Å². The highest BCUT2D eigenvalue weighted by Gasteiger charge is 1.99. The van der Waals surface area contributed by atoms with Gasteiger partial charge in [-0.3, -0.25) is 0 Å². The Hall–Kier alpha value is -1.68. The summed E-state index contributed by atoms with van der Waals surface area (Å²) < 4.78 is 5.45. The summed E-state index contributed by atoms with van der Waals surface area (Å²) in [6.07, 6.45) is 1.56. The third kappa shape index (κ3) is 2.63. The third-order valence-electron chi connectivity index (χ3n) is 1.84. The molecule has 78 valence electrons. The molecule has 0 saturated heterocycles. The molecule has 2 rings (SSSR count). The van der Waals surface area contributed by atoms with Crippen molar-refractivity contribution in [2.45, 2.75) is 6.61 Å². The Labute approximate surface area is 92.0 Å². The molecule has 0 bridgehead atoms. The monoisotopic (exact) mass is 223 g/mol. The number of halogens is 1. The van der Waals surface area contributed by atoms with Crippen LogP contribution in [0.25, 0.3) is 0 Å². The van der Waals surface area contributed by atoms with Crippen LogP contribution in [0.1, 0.15) is 5.82 Å². The van der Waals surface area contributed by atoms with Gasteiger partial charge in [0.15, 0.2) is 0 Å². The minimum Gasteiger partial charge on any atom is -0.486 e. The Bertz CT molecular complexity index is 438. The Balaban J connectivity index is 1.96. The Morgan fingerprint density at radius 1 is 1.33 bits per heavy atom. The van der Waals surface area contributed by atoms with Gasteiger partial charge in [0.1, 0.15) is 24.0 Å². The summed E-state index contributed by atoms with van der Waals surface area (Å²) in [6.45, 7) is 0.360. The van der Waals surface area contributed by atoms with Crippen LogP contribution in [0.5, 0.6) is 5.75 Å². The second-order valence-corrected chi connectivity index (χ2v) is 3.46. The second-order valence-electron chi connectivity index (χ2n) is 3.03. The fourth-order valence-electron chi connectivity index (χ4n) is 1.13. The van der Waals surface area contributed by atoms with E-state index in [0.29, 0.717) is 23.3 Å². The standard InChI is InChI=1S/C10H10ClN3O/c11-7-1-3-8(4-2-7)15-6-10-13-5-9(12)14-10/h1-5H,6,12H2,(H,13,14). The highest BCUT2D eigenvalue weighted by atomic mass is 35.5. The molecule has 0 unspecified atom stereocenters. The molecule has 0 amide bonds. The predicted octanol–water partition coefficient (Wildman–Crippen LogP) is 2.22. The molecule has 0 aliphatic carbocycles. The van der Waals surface area contributed by atoms with E-state index in [9.17, 15) is 0 Å². The Morgan fingerprint density at radius 2 is 2.07 bits per heavy atom. The molecule has 3 N–H and O–H groups in total. The SMILES string of the molecule is Nc1cnc(COc2ccc(Cl)cc2)[nH]1. The minimum atomic E-state index is 0.360. The number of nitrogens with one attached hydrogen (secondary N) is 1. The first-order valence-electron chi connectivity index (χ1n) is 4.42. The van der Waals surface area contributed by atoms with E-state index in [0.717, 1.165) is 5.75 Å². The van der Waals surface area contributed by atoms with Crippen molar-refractivity contribution in [2.24, 2.45) is 0 Å². The first-order valence-corrected chi connectivity index (χ1v) is 4.79. The van der Waals surface area contributed by atoms with Gasteiger partial charge in [-0.25, -0.2) is 4.98 Å². The van der Waals surface area contributed by atoms with Gasteiger partial charge in [-0.15, -0.1) is 0 Å². The van der Waals surface area contributed by atoms with Gasteiger partial charge in [0.25, 0.3) is 0 Å². The highest BCUT2D eigenvalue weighted by molar-refractivity contribution is 6.30. The van der Waals surface area contributed by atoms with Gasteiger partial charge in [-0.05, 0) is 24.3 Å². The van der Waals surface area contributed by atoms with Crippen LogP contribution in [0.15, 0.2) is 30.5 Å². The van der Waals surface area contributed by atoms with Crippen molar-refractivity contribution in [3.8, 4) is 5.75 Å². The van der Waals surface area contributed by atoms with Crippen LogP contribution in [0.4, 0.5) is 5.82 Å². The molecule has 0 aliphatic heterocycles. The summed E-state index contributed by atoms with van der Waals surface area (Å²) in [5.74, 6) is 1.97. The average Bonchev–Trinajstić information content (AvgIpc) is 2.64. The van der Waals surface area contributed by atoms with Crippen molar-refractivity contribution in [3.05, 3.63) is 41.3 Å². The van der Waals surface area contributed by atoms with E-state index in [-0.39, 0.29) is 0 Å². The number of nitrogens with zero attached hydrogens (tertiary/aromatic N) is 1. The van der Waals surface area contributed by atoms with Gasteiger partial charge >= 0.3 is 0 Å². The minimum absolute atomic E-state index is 0.360. The zero-order chi connectivity index (χ0) is 10.7. The molecule has 1 aromatic heterocycles. The molecule has 4 nitrogen and oxygen atoms in total. The quantitative estimate of drug-likeness (QED) is 0.839. The van der Waals surface area contributed by atoms with Gasteiger partial charge in [-0.1, -0.05) is 11.6 Å². The highest BCUT2D eigenvalue weighted by Crippen LogP contribution is 2.16. The lowest BCUT2D eigenvalue weighted by molar-refractivity contribution is 0.297. The number of H-pyrrole nitrogens is 1. The van der Waals surface area contributed by atoms with Crippen molar-refractivity contribution >= 4 is 17.4 Å². The van der Waals surface area contributed by atoms with Crippen LogP contribution in [0, 0.1) is 0 Å². The predicted molar refractivity (Wildman–Crippen MR) is 58.8 cm³/mol. The van der Waals surface area contributed by atoms with E-state index in [1.54, 1.807) is 30.5 Å². The normalized spacial score (nSPS) is 10.2. The fourth-order valence-corrected chi connectivity index (χ4v) is 1.26. The van der Waals surface area contributed by atoms with Gasteiger partial charge in [0, 0.05) is 5.02 Å². The largest absolute Gasteiger partial charge is 0.486 e. The number of rotatable bonds is 3. The molecular formula is C10H10ClN3O. The number of aromatic amines is 1. The lowest BCUT2D eigenvalue weighted by Crippen LogP contribution is -1.97. The average molecular weight is 224 g/mol. The van der Waals surface area contributed by atoms with E-state index in [1.165, 1.54) is 0 Å². The van der Waals surface area contributed by atoms with E-state index < -0.39 is 0 Å². The zero-order valence-corrected chi connectivity index (χ0v) is 8.66. The summed E-state index contributed by atoms with van der Waals surface area (Å²) in [6, 6.07) is 7.14. The summed E-state index contributed by atoms with van der Waals surface area (Å²) in [7, 11) is 0. The van der Waals surface area contributed by atoms with Crippen molar-refractivity contribution < 1.29 is 4.74 Å². The molecule has 2 aromatic rings. The van der Waals surface area contributed by atoms with E-state index in [4.69, 9.17) is 22.1 Å². The Morgan fingerprint density at radius 3 is 2.67 bits per heavy atom. The molecule has 0 aliphatic rings. The first kappa shape index (κ1) is 9.86. The molecule has 5 heteroatoms. The van der Waals surface area contributed by atoms with Crippen LogP contribution in [0.3, 0.4) is 0 Å². The topological polar surface area (TPSA) is 63.9 Å². The van der Waals surface area contributed by atoms with Crippen molar-refractivity contribution in [3.63, 3.8) is 0 Å². The second kappa shape index (κ2) is 4.23. The Kier molecular flexibility index (Phi) is 2.78. The fraction of sp³-hybridized carbons (Fsp3) is 0.100. The zero-order valence-electron chi connectivity index (χ0n) is 7.90. The molecule has 0 radical (unpaired) electrons. The van der Waals surface area contributed by atoms with E-state index >= 15 is 0 Å². The van der Waals surface area contributed by atoms with Gasteiger partial charge in [0.05, 0.1) is 6.20 Å². The molecule has 15 heavy (non-hydrogen) atoms. The number of imidazole rings is 1. The van der Waals surface area contributed by atoms with Crippen LogP contribution in [-0.4, -0.2) is 9.97 Å². The van der Waals surface area contributed by atoms with E-state index in [1.807, 2.05) is 0 Å². The maximum Gasteiger partial charge on any atom is 0.146 e. The number of benzene rings is 1. The molecule has 0 atom stereocenters. The van der Waals surface area contributed by atoms with Gasteiger partial charge in [-0.2, -0.15) is 0 Å². The first-order chi connectivity index (χ1) is 7.24. The lowest BCUT2D eigenvalue weighted by Gasteiger charge is -2.03. The maximum atomic E-state index is 5.74. The van der Waals surface area contributed by atoms with Crippen molar-refractivity contribution in [1.29, 1.82) is 0 Å². The molecule has 1 aromatic carbocycles. The number of hydrogen-bond donors (Lipinski definition) is 2. The summed E-state index contributed by atoms with van der Waals surface area (Å²) in [5, 5.41) is 0.685. The summed E-state index contributed by atoms with van der Waals surface area (Å²) in [5.41, 5.74) is 5.48. The molecule has 1 heterocycles. The molecule has 0 spiro atoms.